The van der Waals surface area contributed by atoms with Gasteiger partial charge in [-0.05, 0) is 45.8 Å². The number of carboxylic acid groups (broad SMARTS) is 1. The van der Waals surface area contributed by atoms with E-state index in [1.165, 1.54) is 32.4 Å². The maximum absolute atomic E-state index is 10.9. The van der Waals surface area contributed by atoms with Crippen LogP contribution in [0.2, 0.25) is 0 Å². The van der Waals surface area contributed by atoms with E-state index in [2.05, 4.69) is 17.1 Å². The molecule has 0 aliphatic carbocycles. The topological polar surface area (TPSA) is 65.7 Å². The summed E-state index contributed by atoms with van der Waals surface area (Å²) in [6, 6.07) is 2.30. The summed E-state index contributed by atoms with van der Waals surface area (Å²) in [6.45, 7) is 7.83. The first kappa shape index (κ1) is 15.1. The Morgan fingerprint density at radius 1 is 1.45 bits per heavy atom. The summed E-state index contributed by atoms with van der Waals surface area (Å²) in [7, 11) is 0. The van der Waals surface area contributed by atoms with Crippen molar-refractivity contribution in [3.8, 4) is 0 Å². The van der Waals surface area contributed by atoms with Crippen molar-refractivity contribution in [2.45, 2.75) is 45.7 Å². The van der Waals surface area contributed by atoms with Crippen molar-refractivity contribution in [1.29, 1.82) is 0 Å². The first-order chi connectivity index (χ1) is 9.58. The summed E-state index contributed by atoms with van der Waals surface area (Å²) in [6.07, 6.45) is 3.94. The Morgan fingerprint density at radius 3 is 2.75 bits per heavy atom. The van der Waals surface area contributed by atoms with Gasteiger partial charge in [0.15, 0.2) is 0 Å². The van der Waals surface area contributed by atoms with Crippen LogP contribution in [0.4, 0.5) is 0 Å². The number of hydrogen-bond donors (Lipinski definition) is 2. The Kier molecular flexibility index (Phi) is 5.20. The quantitative estimate of drug-likeness (QED) is 0.836. The van der Waals surface area contributed by atoms with E-state index in [1.807, 2.05) is 0 Å². The highest BCUT2D eigenvalue weighted by Gasteiger charge is 2.17. The normalized spacial score (nSPS) is 18.1. The van der Waals surface area contributed by atoms with Crippen molar-refractivity contribution in [2.24, 2.45) is 0 Å². The molecule has 1 aliphatic heterocycles. The van der Waals surface area contributed by atoms with Crippen LogP contribution in [0.15, 0.2) is 10.5 Å². The highest BCUT2D eigenvalue weighted by Crippen LogP contribution is 2.15. The summed E-state index contributed by atoms with van der Waals surface area (Å²) >= 11 is 0. The summed E-state index contributed by atoms with van der Waals surface area (Å²) in [5.74, 6) is -0.271. The van der Waals surface area contributed by atoms with Gasteiger partial charge in [0.05, 0.1) is 6.54 Å². The minimum absolute atomic E-state index is 0.0471. The van der Waals surface area contributed by atoms with Gasteiger partial charge in [0.2, 0.25) is 5.76 Å². The SMILES string of the molecule is Cc1cc(CNCC(C)N2CCCCC2)oc1C(=O)O. The summed E-state index contributed by atoms with van der Waals surface area (Å²) in [5, 5.41) is 12.3. The third kappa shape index (κ3) is 3.84. The van der Waals surface area contributed by atoms with Crippen LogP contribution in [0.25, 0.3) is 0 Å². The Hall–Kier alpha value is -1.33. The van der Waals surface area contributed by atoms with Crippen molar-refractivity contribution >= 4 is 5.97 Å². The second-order valence-electron chi connectivity index (χ2n) is 5.61. The van der Waals surface area contributed by atoms with Gasteiger partial charge in [-0.2, -0.15) is 0 Å². The van der Waals surface area contributed by atoms with Crippen LogP contribution in [0.1, 0.15) is 48.1 Å². The van der Waals surface area contributed by atoms with Crippen molar-refractivity contribution in [3.63, 3.8) is 0 Å². The number of likely N-dealkylation sites (tertiary alicyclic amines) is 1. The number of hydrogen-bond acceptors (Lipinski definition) is 4. The Bertz CT molecular complexity index is 450. The zero-order chi connectivity index (χ0) is 14.5. The molecule has 2 N–H and O–H groups in total. The van der Waals surface area contributed by atoms with Crippen molar-refractivity contribution in [1.82, 2.24) is 10.2 Å². The maximum atomic E-state index is 10.9. The van der Waals surface area contributed by atoms with Crippen molar-refractivity contribution in [3.05, 3.63) is 23.2 Å². The number of carboxylic acids is 1. The zero-order valence-corrected chi connectivity index (χ0v) is 12.3. The fourth-order valence-corrected chi connectivity index (χ4v) is 2.74. The first-order valence-electron chi connectivity index (χ1n) is 7.35. The van der Waals surface area contributed by atoms with Gasteiger partial charge in [-0.1, -0.05) is 6.42 Å². The third-order valence-corrected chi connectivity index (χ3v) is 3.92. The van der Waals surface area contributed by atoms with Gasteiger partial charge < -0.3 is 14.8 Å². The standard InChI is InChI=1S/C15H24N2O3/c1-11-8-13(20-14(11)15(18)19)10-16-9-12(2)17-6-4-3-5-7-17/h8,12,16H,3-7,9-10H2,1-2H3,(H,18,19). The van der Waals surface area contributed by atoms with E-state index in [4.69, 9.17) is 9.52 Å². The van der Waals surface area contributed by atoms with E-state index in [-0.39, 0.29) is 5.76 Å². The fourth-order valence-electron chi connectivity index (χ4n) is 2.74. The molecule has 2 heterocycles. The minimum Gasteiger partial charge on any atom is -0.475 e. The number of aromatic carboxylic acids is 1. The Labute approximate surface area is 119 Å². The molecule has 112 valence electrons. The molecule has 0 spiro atoms. The van der Waals surface area contributed by atoms with Gasteiger partial charge in [-0.25, -0.2) is 4.79 Å². The number of furan rings is 1. The van der Waals surface area contributed by atoms with Gasteiger partial charge in [0.1, 0.15) is 5.76 Å². The largest absolute Gasteiger partial charge is 0.475 e. The molecule has 5 nitrogen and oxygen atoms in total. The molecule has 1 fully saturated rings. The highest BCUT2D eigenvalue weighted by molar-refractivity contribution is 5.86. The molecule has 0 amide bonds. The lowest BCUT2D eigenvalue weighted by Gasteiger charge is -2.32. The van der Waals surface area contributed by atoms with Gasteiger partial charge in [0.25, 0.3) is 0 Å². The first-order valence-corrected chi connectivity index (χ1v) is 7.35. The second-order valence-corrected chi connectivity index (χ2v) is 5.61. The van der Waals surface area contributed by atoms with Crippen LogP contribution in [-0.2, 0) is 6.54 Å². The molecule has 1 unspecified atom stereocenters. The molecule has 1 aliphatic rings. The van der Waals surface area contributed by atoms with Crippen molar-refractivity contribution in [2.75, 3.05) is 19.6 Å². The average molecular weight is 280 g/mol. The zero-order valence-electron chi connectivity index (χ0n) is 12.3. The molecule has 2 rings (SSSR count). The molecule has 0 aromatic carbocycles. The van der Waals surface area contributed by atoms with Gasteiger partial charge in [-0.15, -0.1) is 0 Å². The highest BCUT2D eigenvalue weighted by atomic mass is 16.4. The third-order valence-electron chi connectivity index (χ3n) is 3.92. The fraction of sp³-hybridized carbons (Fsp3) is 0.667. The summed E-state index contributed by atoms with van der Waals surface area (Å²) in [5.41, 5.74) is 0.679. The van der Waals surface area contributed by atoms with Crippen LogP contribution in [-0.4, -0.2) is 41.7 Å². The molecule has 1 atom stereocenters. The molecule has 1 saturated heterocycles. The number of aryl methyl sites for hydroxylation is 1. The lowest BCUT2D eigenvalue weighted by molar-refractivity contribution is 0.0659. The Balaban J connectivity index is 1.77. The minimum atomic E-state index is -1.00. The van der Waals surface area contributed by atoms with Crippen LogP contribution in [0.3, 0.4) is 0 Å². The predicted octanol–water partition coefficient (Wildman–Crippen LogP) is 2.25. The van der Waals surface area contributed by atoms with E-state index >= 15 is 0 Å². The van der Waals surface area contributed by atoms with Gasteiger partial charge >= 0.3 is 5.97 Å². The molecule has 1 aromatic heterocycles. The predicted molar refractivity (Wildman–Crippen MR) is 77.0 cm³/mol. The summed E-state index contributed by atoms with van der Waals surface area (Å²) < 4.78 is 5.33. The molecule has 1 aromatic rings. The van der Waals surface area contributed by atoms with Gasteiger partial charge in [-0.3, -0.25) is 4.90 Å². The smallest absolute Gasteiger partial charge is 0.372 e. The molecular formula is C15H24N2O3. The van der Waals surface area contributed by atoms with E-state index in [0.717, 1.165) is 6.54 Å². The van der Waals surface area contributed by atoms with E-state index in [1.54, 1.807) is 13.0 Å². The van der Waals surface area contributed by atoms with Crippen LogP contribution < -0.4 is 5.32 Å². The Morgan fingerprint density at radius 2 is 2.15 bits per heavy atom. The molecule has 0 saturated carbocycles. The molecule has 20 heavy (non-hydrogen) atoms. The lowest BCUT2D eigenvalue weighted by atomic mass is 10.1. The second kappa shape index (κ2) is 6.90. The number of nitrogens with one attached hydrogen (secondary N) is 1. The number of rotatable bonds is 6. The average Bonchev–Trinajstić information content (AvgIpc) is 2.81. The molecule has 5 heteroatoms. The van der Waals surface area contributed by atoms with Gasteiger partial charge in [0, 0.05) is 18.2 Å². The van der Waals surface area contributed by atoms with E-state index in [0.29, 0.717) is 23.9 Å². The maximum Gasteiger partial charge on any atom is 0.372 e. The molecule has 0 bridgehead atoms. The van der Waals surface area contributed by atoms with E-state index in [9.17, 15) is 4.79 Å². The number of piperidine rings is 1. The van der Waals surface area contributed by atoms with E-state index < -0.39 is 5.97 Å². The summed E-state index contributed by atoms with van der Waals surface area (Å²) in [4.78, 5) is 13.4. The van der Waals surface area contributed by atoms with Crippen LogP contribution in [0, 0.1) is 6.92 Å². The molecular weight excluding hydrogens is 256 g/mol. The molecule has 0 radical (unpaired) electrons. The van der Waals surface area contributed by atoms with Crippen LogP contribution >= 0.6 is 0 Å². The lowest BCUT2D eigenvalue weighted by Crippen LogP contribution is -2.42. The number of nitrogens with zero attached hydrogens (tertiary/aromatic N) is 1. The van der Waals surface area contributed by atoms with Crippen LogP contribution in [0.5, 0.6) is 0 Å². The number of carbonyl (C=O) groups is 1. The monoisotopic (exact) mass is 280 g/mol. The van der Waals surface area contributed by atoms with Crippen molar-refractivity contribution < 1.29 is 14.3 Å².